The number of methoxy groups -OCH3 is 2. The van der Waals surface area contributed by atoms with Gasteiger partial charge in [-0.25, -0.2) is 5.06 Å². The van der Waals surface area contributed by atoms with Crippen molar-refractivity contribution in [3.05, 3.63) is 48.0 Å². The van der Waals surface area contributed by atoms with Gasteiger partial charge in [-0.05, 0) is 81.9 Å². The van der Waals surface area contributed by atoms with Crippen LogP contribution in [0.1, 0.15) is 144 Å². The highest BCUT2D eigenvalue weighted by atomic mass is 16.7. The molecule has 0 saturated carbocycles. The van der Waals surface area contributed by atoms with Gasteiger partial charge in [-0.2, -0.15) is 0 Å². The zero-order chi connectivity index (χ0) is 56.9. The number of nitrogens with zero attached hydrogens (tertiary/aromatic N) is 5. The van der Waals surface area contributed by atoms with Crippen LogP contribution >= 0.6 is 0 Å². The van der Waals surface area contributed by atoms with E-state index in [-0.39, 0.29) is 90.3 Å². The molecule has 8 amide bonds. The molecule has 0 aliphatic carbocycles. The minimum absolute atomic E-state index is 0.0312. The summed E-state index contributed by atoms with van der Waals surface area (Å²) in [5.41, 5.74) is 0.898. The molecule has 2 fully saturated rings. The maximum Gasteiger partial charge on any atom is 0.269 e. The number of likely N-dealkylation sites (tertiary alicyclic amines) is 1. The molecule has 432 valence electrons. The van der Waals surface area contributed by atoms with E-state index in [9.17, 15) is 38.4 Å². The molecule has 3 heterocycles. The van der Waals surface area contributed by atoms with Crippen LogP contribution in [0.15, 0.2) is 42.5 Å². The number of amides is 8. The van der Waals surface area contributed by atoms with Crippen molar-refractivity contribution >= 4 is 47.3 Å². The Morgan fingerprint density at radius 2 is 1.44 bits per heavy atom. The average molecular weight is 1080 g/mol. The largest absolute Gasteiger partial charge is 0.379 e. The molecule has 10 atom stereocenters. The molecule has 3 aliphatic rings. The van der Waals surface area contributed by atoms with Gasteiger partial charge in [0.15, 0.2) is 0 Å². The Bertz CT molecular complexity index is 2100. The molecule has 1 aromatic rings. The van der Waals surface area contributed by atoms with Gasteiger partial charge in [-0.1, -0.05) is 105 Å². The quantitative estimate of drug-likeness (QED) is 0.0625. The summed E-state index contributed by atoms with van der Waals surface area (Å²) in [5, 5.41) is 10.5. The molecular weight excluding hydrogens is 985 g/mol. The molecule has 4 rings (SSSR count). The minimum atomic E-state index is -0.903. The van der Waals surface area contributed by atoms with Crippen molar-refractivity contribution in [2.24, 2.45) is 23.7 Å². The Hall–Kier alpha value is -5.24. The zero-order valence-electron chi connectivity index (χ0n) is 48.4. The normalized spacial score (nSPS) is 19.4. The first-order valence-electron chi connectivity index (χ1n) is 28.4. The summed E-state index contributed by atoms with van der Waals surface area (Å²) in [5.74, 6) is -3.70. The Morgan fingerprint density at radius 3 is 2.04 bits per heavy atom. The number of imide groups is 1. The van der Waals surface area contributed by atoms with Gasteiger partial charge in [0.05, 0.1) is 49.3 Å². The Kier molecular flexibility index (Phi) is 26.7. The van der Waals surface area contributed by atoms with Crippen molar-refractivity contribution in [3.63, 3.8) is 0 Å². The van der Waals surface area contributed by atoms with Crippen molar-refractivity contribution in [1.29, 1.82) is 0 Å². The van der Waals surface area contributed by atoms with Crippen LogP contribution < -0.4 is 16.0 Å². The fraction of sp³-hybridized carbons (Fsp3) is 0.724. The van der Waals surface area contributed by atoms with Gasteiger partial charge in [-0.3, -0.25) is 53.0 Å². The number of likely N-dealkylation sites (N-methyl/N-ethyl adjacent to an activating group) is 2. The van der Waals surface area contributed by atoms with Crippen LogP contribution in [-0.4, -0.2) is 182 Å². The zero-order valence-corrected chi connectivity index (χ0v) is 48.4. The summed E-state index contributed by atoms with van der Waals surface area (Å²) in [7, 11) is 6.75. The highest BCUT2D eigenvalue weighted by molar-refractivity contribution is 6.12. The SMILES string of the molecule is CCC(C)C(C(CC(=O)N1CCCC1C(OC)C(C)C(=O)NC(C(=O)N1CCCCO1)C(C)c1ccccc1)OC)N(C)C(=O)C(NC(=O)C(C(C)C)N(C)CCCCCCNC(=O)CCCN1C(=O)C=CC1=O)C(C)C. The second-order valence-corrected chi connectivity index (χ2v) is 22.2. The number of ether oxygens (including phenoxy) is 2. The third kappa shape index (κ3) is 18.2. The van der Waals surface area contributed by atoms with E-state index in [0.29, 0.717) is 58.5 Å². The molecule has 3 N–H and O–H groups in total. The molecule has 0 spiro atoms. The van der Waals surface area contributed by atoms with Gasteiger partial charge in [0.25, 0.3) is 17.7 Å². The predicted molar refractivity (Wildman–Crippen MR) is 294 cm³/mol. The summed E-state index contributed by atoms with van der Waals surface area (Å²) in [4.78, 5) is 120. The van der Waals surface area contributed by atoms with Crippen LogP contribution in [0, 0.1) is 23.7 Å². The Labute approximate surface area is 459 Å². The van der Waals surface area contributed by atoms with E-state index in [1.807, 2.05) is 90.7 Å². The number of nitrogens with one attached hydrogen (secondary N) is 3. The molecule has 2 saturated heterocycles. The van der Waals surface area contributed by atoms with Gasteiger partial charge in [0.1, 0.15) is 12.1 Å². The summed E-state index contributed by atoms with van der Waals surface area (Å²) < 4.78 is 12.2. The topological polar surface area (TPSA) is 217 Å². The number of unbranched alkanes of at least 4 members (excludes halogenated alkanes) is 3. The number of benzene rings is 1. The number of hydroxylamine groups is 2. The summed E-state index contributed by atoms with van der Waals surface area (Å²) in [6, 6.07) is 6.37. The first-order chi connectivity index (χ1) is 36.7. The third-order valence-electron chi connectivity index (χ3n) is 15.9. The lowest BCUT2D eigenvalue weighted by Crippen LogP contribution is -2.60. The van der Waals surface area contributed by atoms with Crippen LogP contribution in [0.3, 0.4) is 0 Å². The second kappa shape index (κ2) is 32.0. The summed E-state index contributed by atoms with van der Waals surface area (Å²) in [6.07, 6.45) is 8.75. The van der Waals surface area contributed by atoms with E-state index in [2.05, 4.69) is 16.0 Å². The van der Waals surface area contributed by atoms with Gasteiger partial charge < -0.3 is 35.2 Å². The van der Waals surface area contributed by atoms with E-state index in [0.717, 1.165) is 49.0 Å². The first-order valence-corrected chi connectivity index (χ1v) is 28.4. The molecule has 3 aliphatic heterocycles. The van der Waals surface area contributed by atoms with Gasteiger partial charge >= 0.3 is 0 Å². The third-order valence-corrected chi connectivity index (χ3v) is 15.9. The molecule has 0 radical (unpaired) electrons. The van der Waals surface area contributed by atoms with Crippen molar-refractivity contribution in [3.8, 4) is 0 Å². The summed E-state index contributed by atoms with van der Waals surface area (Å²) in [6.45, 7) is 18.3. The van der Waals surface area contributed by atoms with Crippen LogP contribution in [-0.2, 0) is 52.7 Å². The molecule has 0 aromatic heterocycles. The molecule has 10 unspecified atom stereocenters. The van der Waals surface area contributed by atoms with Gasteiger partial charge in [0.2, 0.25) is 29.5 Å². The lowest BCUT2D eigenvalue weighted by molar-refractivity contribution is -0.200. The van der Waals surface area contributed by atoms with Crippen molar-refractivity contribution in [2.75, 3.05) is 67.6 Å². The highest BCUT2D eigenvalue weighted by Crippen LogP contribution is 2.31. The predicted octanol–water partition coefficient (Wildman–Crippen LogP) is 5.23. The fourth-order valence-electron chi connectivity index (χ4n) is 11.2. The number of hydrogen-bond acceptors (Lipinski definition) is 12. The lowest BCUT2D eigenvalue weighted by Gasteiger charge is -2.41. The van der Waals surface area contributed by atoms with Crippen LogP contribution in [0.2, 0.25) is 0 Å². The molecule has 19 nitrogen and oxygen atoms in total. The lowest BCUT2D eigenvalue weighted by atomic mass is 9.89. The van der Waals surface area contributed by atoms with E-state index in [4.69, 9.17) is 14.3 Å². The van der Waals surface area contributed by atoms with E-state index < -0.39 is 48.3 Å². The molecule has 1 aromatic carbocycles. The second-order valence-electron chi connectivity index (χ2n) is 22.2. The standard InChI is InChI=1S/C58H94N8O11/c1-13-40(6)53(63(10)57(73)50(38(2)3)60-56(72)52(39(4)5)62(9)32-20-15-14-19-31-59-46(67)28-24-34-65-47(68)29-30-48(65)69)45(75-11)37-49(70)64-33-23-27-44(64)54(76-12)42(8)55(71)61-51(41(7)43-25-17-16-18-26-43)58(74)66-35-21-22-36-77-66/h16-18,25-26,29-30,38-42,44-45,50-54H,13-15,19-24,27-28,31-37H2,1-12H3,(H,59,67)(H,60,72)(H,61,71). The van der Waals surface area contributed by atoms with Crippen LogP contribution in [0.5, 0.6) is 0 Å². The number of carbonyl (C=O) groups excluding carboxylic acids is 8. The maximum absolute atomic E-state index is 14.7. The number of carbonyl (C=O) groups is 8. The van der Waals surface area contributed by atoms with Gasteiger partial charge in [-0.15, -0.1) is 0 Å². The number of hydrogen-bond donors (Lipinski definition) is 3. The average Bonchev–Trinajstić information content (AvgIpc) is 4.05. The molecule has 0 bridgehead atoms. The van der Waals surface area contributed by atoms with E-state index in [1.165, 1.54) is 17.2 Å². The molecular formula is C58H94N8O11. The monoisotopic (exact) mass is 1080 g/mol. The number of rotatable bonds is 32. The van der Waals surface area contributed by atoms with Crippen molar-refractivity contribution < 1.29 is 52.7 Å². The van der Waals surface area contributed by atoms with Crippen LogP contribution in [0.4, 0.5) is 0 Å². The Morgan fingerprint density at radius 1 is 0.779 bits per heavy atom. The fourth-order valence-corrected chi connectivity index (χ4v) is 11.2. The Balaban J connectivity index is 1.36. The highest BCUT2D eigenvalue weighted by Gasteiger charge is 2.44. The van der Waals surface area contributed by atoms with Crippen molar-refractivity contribution in [2.45, 2.75) is 181 Å². The smallest absolute Gasteiger partial charge is 0.269 e. The van der Waals surface area contributed by atoms with Crippen LogP contribution in [0.25, 0.3) is 0 Å². The maximum atomic E-state index is 14.7. The first kappa shape index (κ1) is 64.3. The molecule has 77 heavy (non-hydrogen) atoms. The van der Waals surface area contributed by atoms with E-state index >= 15 is 0 Å². The van der Waals surface area contributed by atoms with Crippen molar-refractivity contribution in [1.82, 2.24) is 40.6 Å². The molecule has 19 heteroatoms. The minimum Gasteiger partial charge on any atom is -0.379 e. The summed E-state index contributed by atoms with van der Waals surface area (Å²) >= 11 is 0. The van der Waals surface area contributed by atoms with Gasteiger partial charge in [0, 0.05) is 71.9 Å². The van der Waals surface area contributed by atoms with E-state index in [1.54, 1.807) is 38.0 Å².